The standard InChI is InChI=1S/C21H21N5O2S/c1-15-23-24-21(26(15)18-6-3-2-4-7-18)29-14-19(27)22-16-9-11-17(12-10-16)25-13-5-8-20(25)28/h2-4,6-7,9-12H,5,8,13-14H2,1H3,(H,22,27). The van der Waals surface area contributed by atoms with E-state index in [0.717, 1.165) is 30.2 Å². The molecule has 1 N–H and O–H groups in total. The molecule has 2 aromatic carbocycles. The monoisotopic (exact) mass is 407 g/mol. The van der Waals surface area contributed by atoms with Crippen LogP contribution in [0, 0.1) is 6.92 Å². The van der Waals surface area contributed by atoms with Crippen molar-refractivity contribution in [3.8, 4) is 5.69 Å². The first-order valence-corrected chi connectivity index (χ1v) is 10.4. The van der Waals surface area contributed by atoms with E-state index in [0.29, 0.717) is 17.3 Å². The van der Waals surface area contributed by atoms with Crippen molar-refractivity contribution in [2.75, 3.05) is 22.5 Å². The number of thioether (sulfide) groups is 1. The highest BCUT2D eigenvalue weighted by molar-refractivity contribution is 7.99. The number of rotatable bonds is 6. The van der Waals surface area contributed by atoms with Gasteiger partial charge in [-0.1, -0.05) is 30.0 Å². The zero-order chi connectivity index (χ0) is 20.2. The fraction of sp³-hybridized carbons (Fsp3) is 0.238. The Morgan fingerprint density at radius 2 is 1.83 bits per heavy atom. The number of amides is 2. The van der Waals surface area contributed by atoms with E-state index in [2.05, 4.69) is 15.5 Å². The Kier molecular flexibility index (Phi) is 5.62. The van der Waals surface area contributed by atoms with E-state index in [1.165, 1.54) is 11.8 Å². The predicted octanol–water partition coefficient (Wildman–Crippen LogP) is 3.43. The van der Waals surface area contributed by atoms with Gasteiger partial charge in [0, 0.05) is 30.0 Å². The van der Waals surface area contributed by atoms with Crippen LogP contribution in [0.4, 0.5) is 11.4 Å². The summed E-state index contributed by atoms with van der Waals surface area (Å²) in [5.41, 5.74) is 2.53. The number of nitrogens with zero attached hydrogens (tertiary/aromatic N) is 4. The van der Waals surface area contributed by atoms with E-state index in [1.54, 1.807) is 4.90 Å². The van der Waals surface area contributed by atoms with Gasteiger partial charge in [0.1, 0.15) is 5.82 Å². The Morgan fingerprint density at radius 3 is 2.52 bits per heavy atom. The van der Waals surface area contributed by atoms with Crippen LogP contribution in [-0.4, -0.2) is 38.9 Å². The molecule has 1 aliphatic rings. The number of para-hydroxylation sites is 1. The third kappa shape index (κ3) is 4.32. The van der Waals surface area contributed by atoms with E-state index in [9.17, 15) is 9.59 Å². The number of hydrogen-bond acceptors (Lipinski definition) is 5. The van der Waals surface area contributed by atoms with Crippen LogP contribution in [0.5, 0.6) is 0 Å². The summed E-state index contributed by atoms with van der Waals surface area (Å²) in [5.74, 6) is 1.01. The molecule has 1 saturated heterocycles. The number of carbonyl (C=O) groups is 2. The molecular formula is C21H21N5O2S. The molecule has 1 aliphatic heterocycles. The summed E-state index contributed by atoms with van der Waals surface area (Å²) in [6.45, 7) is 2.64. The van der Waals surface area contributed by atoms with Crippen LogP contribution >= 0.6 is 11.8 Å². The molecule has 0 bridgehead atoms. The molecule has 8 heteroatoms. The molecule has 0 saturated carbocycles. The SMILES string of the molecule is Cc1nnc(SCC(=O)Nc2ccc(N3CCCC3=O)cc2)n1-c1ccccc1. The van der Waals surface area contributed by atoms with Gasteiger partial charge in [0.2, 0.25) is 11.8 Å². The summed E-state index contributed by atoms with van der Waals surface area (Å²) < 4.78 is 1.93. The summed E-state index contributed by atoms with van der Waals surface area (Å²) in [7, 11) is 0. The lowest BCUT2D eigenvalue weighted by Gasteiger charge is -2.16. The van der Waals surface area contributed by atoms with Crippen molar-refractivity contribution in [3.63, 3.8) is 0 Å². The fourth-order valence-corrected chi connectivity index (χ4v) is 4.08. The first kappa shape index (κ1) is 19.2. The van der Waals surface area contributed by atoms with Crippen molar-refractivity contribution in [1.82, 2.24) is 14.8 Å². The molecule has 1 fully saturated rings. The lowest BCUT2D eigenvalue weighted by molar-refractivity contribution is -0.117. The fourth-order valence-electron chi connectivity index (χ4n) is 3.28. The highest BCUT2D eigenvalue weighted by atomic mass is 32.2. The molecule has 4 rings (SSSR count). The largest absolute Gasteiger partial charge is 0.325 e. The summed E-state index contributed by atoms with van der Waals surface area (Å²) in [5, 5.41) is 11.9. The molecule has 29 heavy (non-hydrogen) atoms. The van der Waals surface area contributed by atoms with Crippen LogP contribution in [0.15, 0.2) is 59.8 Å². The topological polar surface area (TPSA) is 80.1 Å². The second-order valence-electron chi connectivity index (χ2n) is 6.73. The molecule has 7 nitrogen and oxygen atoms in total. The number of aromatic nitrogens is 3. The first-order valence-electron chi connectivity index (χ1n) is 9.42. The molecule has 0 atom stereocenters. The van der Waals surface area contributed by atoms with Crippen molar-refractivity contribution >= 4 is 35.0 Å². The molecule has 0 aliphatic carbocycles. The van der Waals surface area contributed by atoms with Gasteiger partial charge in [-0.25, -0.2) is 0 Å². The molecule has 148 valence electrons. The number of hydrogen-bond donors (Lipinski definition) is 1. The molecule has 0 unspecified atom stereocenters. The third-order valence-electron chi connectivity index (χ3n) is 4.68. The number of benzene rings is 2. The van der Waals surface area contributed by atoms with Gasteiger partial charge in [-0.2, -0.15) is 0 Å². The van der Waals surface area contributed by atoms with Crippen LogP contribution < -0.4 is 10.2 Å². The zero-order valence-electron chi connectivity index (χ0n) is 16.0. The highest BCUT2D eigenvalue weighted by Gasteiger charge is 2.21. The Labute approximate surface area is 173 Å². The molecule has 2 heterocycles. The van der Waals surface area contributed by atoms with Gasteiger partial charge in [0.05, 0.1) is 5.75 Å². The lowest BCUT2D eigenvalue weighted by Crippen LogP contribution is -2.23. The van der Waals surface area contributed by atoms with E-state index < -0.39 is 0 Å². The predicted molar refractivity (Wildman–Crippen MR) is 113 cm³/mol. The zero-order valence-corrected chi connectivity index (χ0v) is 16.9. The average Bonchev–Trinajstić information content (AvgIpc) is 3.33. The van der Waals surface area contributed by atoms with Gasteiger partial charge in [-0.05, 0) is 49.7 Å². The molecule has 0 radical (unpaired) electrons. The van der Waals surface area contributed by atoms with Crippen molar-refractivity contribution < 1.29 is 9.59 Å². The van der Waals surface area contributed by atoms with Gasteiger partial charge >= 0.3 is 0 Å². The number of nitrogens with one attached hydrogen (secondary N) is 1. The van der Waals surface area contributed by atoms with E-state index in [1.807, 2.05) is 66.1 Å². The van der Waals surface area contributed by atoms with E-state index in [-0.39, 0.29) is 17.6 Å². The minimum atomic E-state index is -0.125. The normalized spacial score (nSPS) is 13.7. The van der Waals surface area contributed by atoms with Gasteiger partial charge in [0.15, 0.2) is 5.16 Å². The smallest absolute Gasteiger partial charge is 0.234 e. The number of carbonyl (C=O) groups excluding carboxylic acids is 2. The Bertz CT molecular complexity index is 1020. The van der Waals surface area contributed by atoms with Gasteiger partial charge in [-0.15, -0.1) is 10.2 Å². The minimum Gasteiger partial charge on any atom is -0.325 e. The maximum absolute atomic E-state index is 12.4. The summed E-state index contributed by atoms with van der Waals surface area (Å²) in [4.78, 5) is 26.0. The first-order chi connectivity index (χ1) is 14.1. The Balaban J connectivity index is 1.37. The maximum Gasteiger partial charge on any atom is 0.234 e. The Hall–Kier alpha value is -3.13. The molecule has 1 aromatic heterocycles. The van der Waals surface area contributed by atoms with Gasteiger partial charge in [0.25, 0.3) is 0 Å². The van der Waals surface area contributed by atoms with Crippen molar-refractivity contribution in [2.45, 2.75) is 24.9 Å². The highest BCUT2D eigenvalue weighted by Crippen LogP contribution is 2.24. The second-order valence-corrected chi connectivity index (χ2v) is 7.68. The maximum atomic E-state index is 12.4. The van der Waals surface area contributed by atoms with Crippen LogP contribution in [0.3, 0.4) is 0 Å². The van der Waals surface area contributed by atoms with Crippen LogP contribution in [0.25, 0.3) is 5.69 Å². The average molecular weight is 407 g/mol. The number of aryl methyl sites for hydroxylation is 1. The molecule has 2 amide bonds. The van der Waals surface area contributed by atoms with Gasteiger partial charge < -0.3 is 10.2 Å². The van der Waals surface area contributed by atoms with Crippen LogP contribution in [0.2, 0.25) is 0 Å². The number of anilines is 2. The molecular weight excluding hydrogens is 386 g/mol. The van der Waals surface area contributed by atoms with Crippen molar-refractivity contribution in [1.29, 1.82) is 0 Å². The third-order valence-corrected chi connectivity index (χ3v) is 5.61. The second kappa shape index (κ2) is 8.48. The van der Waals surface area contributed by atoms with E-state index >= 15 is 0 Å². The Morgan fingerprint density at radius 1 is 1.07 bits per heavy atom. The van der Waals surface area contributed by atoms with Crippen LogP contribution in [0.1, 0.15) is 18.7 Å². The lowest BCUT2D eigenvalue weighted by atomic mass is 10.2. The summed E-state index contributed by atoms with van der Waals surface area (Å²) >= 11 is 1.34. The van der Waals surface area contributed by atoms with Crippen molar-refractivity contribution in [3.05, 3.63) is 60.4 Å². The van der Waals surface area contributed by atoms with Gasteiger partial charge in [-0.3, -0.25) is 14.2 Å². The van der Waals surface area contributed by atoms with E-state index in [4.69, 9.17) is 0 Å². The van der Waals surface area contributed by atoms with Crippen LogP contribution in [-0.2, 0) is 9.59 Å². The molecule has 3 aromatic rings. The summed E-state index contributed by atoms with van der Waals surface area (Å²) in [6.07, 6.45) is 1.49. The van der Waals surface area contributed by atoms with Crippen molar-refractivity contribution in [2.24, 2.45) is 0 Å². The summed E-state index contributed by atoms with van der Waals surface area (Å²) in [6, 6.07) is 17.2. The quantitative estimate of drug-likeness (QED) is 0.633. The molecule has 0 spiro atoms. The minimum absolute atomic E-state index is 0.125.